The first kappa shape index (κ1) is 17.1. The van der Waals surface area contributed by atoms with Crippen molar-refractivity contribution in [3.05, 3.63) is 71.4 Å². The van der Waals surface area contributed by atoms with E-state index in [2.05, 4.69) is 33.1 Å². The van der Waals surface area contributed by atoms with Crippen molar-refractivity contribution >= 4 is 12.0 Å². The maximum absolute atomic E-state index is 12.6. The molecule has 27 heavy (non-hydrogen) atoms. The molecule has 0 unspecified atom stereocenters. The number of aromatic nitrogens is 3. The summed E-state index contributed by atoms with van der Waals surface area (Å²) in [4.78, 5) is 21.1. The Balaban J connectivity index is 1.53. The average Bonchev–Trinajstić information content (AvgIpc) is 3.35. The first-order chi connectivity index (χ1) is 13.2. The summed E-state index contributed by atoms with van der Waals surface area (Å²) >= 11 is 0. The van der Waals surface area contributed by atoms with Crippen molar-refractivity contribution in [3.8, 4) is 11.4 Å². The summed E-state index contributed by atoms with van der Waals surface area (Å²) in [5.41, 5.74) is 4.56. The van der Waals surface area contributed by atoms with Crippen LogP contribution in [0.2, 0.25) is 0 Å². The van der Waals surface area contributed by atoms with E-state index >= 15 is 0 Å². The van der Waals surface area contributed by atoms with Gasteiger partial charge in [-0.25, -0.2) is 0 Å². The molecule has 0 spiro atoms. The molecule has 136 valence electrons. The van der Waals surface area contributed by atoms with Crippen molar-refractivity contribution in [2.75, 3.05) is 0 Å². The highest BCUT2D eigenvalue weighted by Crippen LogP contribution is 2.34. The molecule has 1 aromatic carbocycles. The topological polar surface area (TPSA) is 80.9 Å². The molecule has 2 heterocycles. The number of pyridine rings is 1. The predicted octanol–water partition coefficient (Wildman–Crippen LogP) is 3.75. The second-order valence-electron chi connectivity index (χ2n) is 6.52. The van der Waals surface area contributed by atoms with E-state index in [1.807, 2.05) is 19.1 Å². The van der Waals surface area contributed by atoms with Gasteiger partial charge in [0.25, 0.3) is 5.91 Å². The molecule has 1 aliphatic carbocycles. The molecular formula is C21H20N4O2. The summed E-state index contributed by atoms with van der Waals surface area (Å²) in [6.45, 7) is 5.67. The largest absolute Gasteiger partial charge is 0.345 e. The number of amides is 1. The molecule has 0 aliphatic heterocycles. The van der Waals surface area contributed by atoms with E-state index in [1.165, 1.54) is 5.56 Å². The Kier molecular flexibility index (Phi) is 4.54. The molecular weight excluding hydrogens is 340 g/mol. The number of nitrogens with zero attached hydrogens (tertiary/aromatic N) is 3. The van der Waals surface area contributed by atoms with E-state index < -0.39 is 0 Å². The minimum atomic E-state index is -0.104. The van der Waals surface area contributed by atoms with Crippen molar-refractivity contribution in [1.82, 2.24) is 20.4 Å². The van der Waals surface area contributed by atoms with E-state index in [9.17, 15) is 4.79 Å². The molecule has 6 nitrogen and oxygen atoms in total. The summed E-state index contributed by atoms with van der Waals surface area (Å²) in [5.74, 6) is 1.14. The normalized spacial score (nSPS) is 15.4. The first-order valence-corrected chi connectivity index (χ1v) is 9.03. The Bertz CT molecular complexity index is 1010. The molecule has 2 aromatic heterocycles. The van der Waals surface area contributed by atoms with Gasteiger partial charge in [0.05, 0.1) is 11.7 Å². The number of carbonyl (C=O) groups excluding carboxylic acids is 1. The summed E-state index contributed by atoms with van der Waals surface area (Å²) in [6.07, 6.45) is 5.74. The number of fused-ring (bicyclic) bond motifs is 1. The highest BCUT2D eigenvalue weighted by molar-refractivity contribution is 5.94. The smallest absolute Gasteiger partial charge is 0.251 e. The van der Waals surface area contributed by atoms with Crippen molar-refractivity contribution in [3.63, 3.8) is 0 Å². The number of benzene rings is 1. The molecule has 1 atom stereocenters. The zero-order valence-corrected chi connectivity index (χ0v) is 15.1. The summed E-state index contributed by atoms with van der Waals surface area (Å²) in [6, 6.07) is 9.57. The van der Waals surface area contributed by atoms with Gasteiger partial charge in [-0.1, -0.05) is 30.8 Å². The molecule has 0 bridgehead atoms. The number of rotatable bonds is 5. The van der Waals surface area contributed by atoms with Crippen LogP contribution in [0.4, 0.5) is 0 Å². The third kappa shape index (κ3) is 3.38. The van der Waals surface area contributed by atoms with Crippen molar-refractivity contribution < 1.29 is 9.32 Å². The van der Waals surface area contributed by atoms with Gasteiger partial charge in [-0.3, -0.25) is 9.78 Å². The van der Waals surface area contributed by atoms with Gasteiger partial charge < -0.3 is 9.84 Å². The number of hydrogen-bond acceptors (Lipinski definition) is 5. The quantitative estimate of drug-likeness (QED) is 0.749. The van der Waals surface area contributed by atoms with Gasteiger partial charge in [0.15, 0.2) is 0 Å². The second kappa shape index (κ2) is 7.15. The highest BCUT2D eigenvalue weighted by Gasteiger charge is 2.25. The molecule has 0 radical (unpaired) electrons. The zero-order valence-electron chi connectivity index (χ0n) is 15.1. The van der Waals surface area contributed by atoms with Gasteiger partial charge in [0, 0.05) is 23.7 Å². The maximum Gasteiger partial charge on any atom is 0.251 e. The van der Waals surface area contributed by atoms with Gasteiger partial charge in [0.1, 0.15) is 0 Å². The molecule has 0 saturated carbocycles. The molecule has 0 fully saturated rings. The minimum absolute atomic E-state index is 0.00151. The number of nitrogens with one attached hydrogen (secondary N) is 1. The lowest BCUT2D eigenvalue weighted by atomic mass is 10.0. The second-order valence-corrected chi connectivity index (χ2v) is 6.52. The fourth-order valence-electron chi connectivity index (χ4n) is 3.37. The van der Waals surface area contributed by atoms with E-state index in [0.29, 0.717) is 29.4 Å². The van der Waals surface area contributed by atoms with Gasteiger partial charge >= 0.3 is 0 Å². The number of carbonyl (C=O) groups is 1. The van der Waals surface area contributed by atoms with Crippen LogP contribution in [0.5, 0.6) is 0 Å². The van der Waals surface area contributed by atoms with Gasteiger partial charge in [-0.15, -0.1) is 0 Å². The van der Waals surface area contributed by atoms with Crippen LogP contribution in [0.25, 0.3) is 17.5 Å². The molecule has 0 saturated heterocycles. The van der Waals surface area contributed by atoms with Crippen molar-refractivity contribution in [1.29, 1.82) is 0 Å². The summed E-state index contributed by atoms with van der Waals surface area (Å²) in [5, 5.41) is 7.16. The number of aryl methyl sites for hydroxylation is 2. The average molecular weight is 360 g/mol. The van der Waals surface area contributed by atoms with Crippen LogP contribution >= 0.6 is 0 Å². The highest BCUT2D eigenvalue weighted by atomic mass is 16.5. The SMILES string of the molecule is C=Cc1cc(C(=O)N[C@@H]2CCc3cc(-c4noc(CC)n4)ccc32)ccn1. The number of hydrogen-bond donors (Lipinski definition) is 1. The van der Waals surface area contributed by atoms with Gasteiger partial charge in [-0.2, -0.15) is 4.98 Å². The standard InChI is InChI=1S/C21H20N4O2/c1-3-16-12-15(9-10-22-16)21(26)23-18-8-6-13-11-14(5-7-17(13)18)20-24-19(4-2)27-25-20/h3,5,7,9-12,18H,1,4,6,8H2,2H3,(H,23,26)/t18-/m1/s1. The Morgan fingerprint density at radius 3 is 3.04 bits per heavy atom. The maximum atomic E-state index is 12.6. The molecule has 3 aromatic rings. The first-order valence-electron chi connectivity index (χ1n) is 9.03. The lowest BCUT2D eigenvalue weighted by Crippen LogP contribution is -2.27. The van der Waals surface area contributed by atoms with Crippen LogP contribution in [-0.2, 0) is 12.8 Å². The molecule has 1 aliphatic rings. The minimum Gasteiger partial charge on any atom is -0.345 e. The Hall–Kier alpha value is -3.28. The lowest BCUT2D eigenvalue weighted by Gasteiger charge is -2.14. The zero-order chi connectivity index (χ0) is 18.8. The summed E-state index contributed by atoms with van der Waals surface area (Å²) in [7, 11) is 0. The molecule has 6 heteroatoms. The Morgan fingerprint density at radius 2 is 2.26 bits per heavy atom. The van der Waals surface area contributed by atoms with E-state index in [0.717, 1.165) is 24.0 Å². The van der Waals surface area contributed by atoms with Crippen LogP contribution in [0.1, 0.15) is 52.5 Å². The van der Waals surface area contributed by atoms with Gasteiger partial charge in [0.2, 0.25) is 11.7 Å². The summed E-state index contributed by atoms with van der Waals surface area (Å²) < 4.78 is 5.20. The van der Waals surface area contributed by atoms with Crippen LogP contribution in [0.15, 0.2) is 47.6 Å². The lowest BCUT2D eigenvalue weighted by molar-refractivity contribution is 0.0936. The third-order valence-corrected chi connectivity index (χ3v) is 4.81. The fourth-order valence-corrected chi connectivity index (χ4v) is 3.37. The van der Waals surface area contributed by atoms with E-state index in [4.69, 9.17) is 4.52 Å². The third-order valence-electron chi connectivity index (χ3n) is 4.81. The van der Waals surface area contributed by atoms with Crippen LogP contribution in [-0.4, -0.2) is 21.0 Å². The van der Waals surface area contributed by atoms with Gasteiger partial charge in [-0.05, 0) is 48.2 Å². The predicted molar refractivity (Wildman–Crippen MR) is 102 cm³/mol. The van der Waals surface area contributed by atoms with E-state index in [1.54, 1.807) is 24.4 Å². The molecule has 1 N–H and O–H groups in total. The monoisotopic (exact) mass is 360 g/mol. The Labute approximate surface area is 157 Å². The fraction of sp³-hybridized carbons (Fsp3) is 0.238. The van der Waals surface area contributed by atoms with Crippen molar-refractivity contribution in [2.45, 2.75) is 32.2 Å². The van der Waals surface area contributed by atoms with Crippen LogP contribution in [0.3, 0.4) is 0 Å². The van der Waals surface area contributed by atoms with Crippen LogP contribution in [0, 0.1) is 0 Å². The van der Waals surface area contributed by atoms with E-state index in [-0.39, 0.29) is 11.9 Å². The Morgan fingerprint density at radius 1 is 1.37 bits per heavy atom. The van der Waals surface area contributed by atoms with Crippen molar-refractivity contribution in [2.24, 2.45) is 0 Å². The van der Waals surface area contributed by atoms with Crippen LogP contribution < -0.4 is 5.32 Å². The molecule has 1 amide bonds. The molecule has 4 rings (SSSR count).